The predicted molar refractivity (Wildman–Crippen MR) is 76.3 cm³/mol. The molecule has 0 saturated heterocycles. The average Bonchev–Trinajstić information content (AvgIpc) is 2.76. The number of aryl methyl sites for hydroxylation is 1. The number of hydrogen-bond acceptors (Lipinski definition) is 4. The summed E-state index contributed by atoms with van der Waals surface area (Å²) >= 11 is 0. The second-order valence-electron chi connectivity index (χ2n) is 5.15. The number of nitrogen functional groups attached to an aromatic ring is 1. The Morgan fingerprint density at radius 2 is 2.19 bits per heavy atom. The van der Waals surface area contributed by atoms with Crippen LogP contribution in [-0.2, 0) is 19.5 Å². The molecule has 0 saturated carbocycles. The van der Waals surface area contributed by atoms with Crippen LogP contribution in [0.1, 0.15) is 34.6 Å². The fourth-order valence-corrected chi connectivity index (χ4v) is 2.73. The second kappa shape index (κ2) is 5.08. The van der Waals surface area contributed by atoms with Gasteiger partial charge in [0.15, 0.2) is 0 Å². The van der Waals surface area contributed by atoms with Crippen LogP contribution in [0.5, 0.6) is 0 Å². The third kappa shape index (κ3) is 2.31. The highest BCUT2D eigenvalue weighted by Gasteiger charge is 2.19. The van der Waals surface area contributed by atoms with Gasteiger partial charge in [0, 0.05) is 18.7 Å². The van der Waals surface area contributed by atoms with Gasteiger partial charge in [0.2, 0.25) is 0 Å². The lowest BCUT2D eigenvalue weighted by Crippen LogP contribution is -2.27. The van der Waals surface area contributed by atoms with Gasteiger partial charge < -0.3 is 10.8 Å². The van der Waals surface area contributed by atoms with Crippen molar-refractivity contribution in [2.24, 2.45) is 0 Å². The molecule has 2 heterocycles. The van der Waals surface area contributed by atoms with E-state index in [4.69, 9.17) is 5.73 Å². The van der Waals surface area contributed by atoms with Gasteiger partial charge in [0.25, 0.3) is 0 Å². The van der Waals surface area contributed by atoms with Crippen LogP contribution in [0.25, 0.3) is 0 Å². The quantitative estimate of drug-likeness (QED) is 0.810. The van der Waals surface area contributed by atoms with E-state index < -0.39 is 5.97 Å². The third-order valence-electron chi connectivity index (χ3n) is 3.75. The van der Waals surface area contributed by atoms with Crippen LogP contribution in [0.3, 0.4) is 0 Å². The van der Waals surface area contributed by atoms with Gasteiger partial charge in [-0.05, 0) is 24.5 Å². The van der Waals surface area contributed by atoms with Crippen LogP contribution in [0.4, 0.5) is 5.69 Å². The molecule has 3 rings (SSSR count). The van der Waals surface area contributed by atoms with E-state index in [9.17, 15) is 14.7 Å². The summed E-state index contributed by atoms with van der Waals surface area (Å²) in [6, 6.07) is 4.87. The Kier molecular flexibility index (Phi) is 3.25. The van der Waals surface area contributed by atoms with Gasteiger partial charge in [-0.15, -0.1) is 0 Å². The molecule has 7 heteroatoms. The standard InChI is InChI=1S/C14H16N4O3/c15-10-5-3-4-9(12(10)13(19)20)8-18-14(21)17-7-2-1-6-11(17)16-18/h3-5H,1-2,6-8,15H2,(H,19,20). The third-order valence-corrected chi connectivity index (χ3v) is 3.75. The van der Waals surface area contributed by atoms with Crippen molar-refractivity contribution >= 4 is 11.7 Å². The highest BCUT2D eigenvalue weighted by molar-refractivity contribution is 5.95. The smallest absolute Gasteiger partial charge is 0.346 e. The minimum absolute atomic E-state index is 0.0374. The number of carbonyl (C=O) groups is 1. The summed E-state index contributed by atoms with van der Waals surface area (Å²) in [5, 5.41) is 13.6. The molecule has 0 unspecified atom stereocenters. The Balaban J connectivity index is 2.02. The van der Waals surface area contributed by atoms with Gasteiger partial charge in [-0.25, -0.2) is 14.3 Å². The average molecular weight is 288 g/mol. The summed E-state index contributed by atoms with van der Waals surface area (Å²) in [4.78, 5) is 23.6. The SMILES string of the molecule is Nc1cccc(Cn2nc3n(c2=O)CCCC3)c1C(=O)O. The predicted octanol–water partition coefficient (Wildman–Crippen LogP) is 0.710. The lowest BCUT2D eigenvalue weighted by molar-refractivity contribution is 0.0696. The summed E-state index contributed by atoms with van der Waals surface area (Å²) in [6.45, 7) is 0.794. The van der Waals surface area contributed by atoms with E-state index in [2.05, 4.69) is 5.10 Å². The van der Waals surface area contributed by atoms with Crippen LogP contribution in [0.15, 0.2) is 23.0 Å². The fraction of sp³-hybridized carbons (Fsp3) is 0.357. The Labute approximate surface area is 120 Å². The van der Waals surface area contributed by atoms with Crippen molar-refractivity contribution in [2.75, 3.05) is 5.73 Å². The summed E-state index contributed by atoms with van der Waals surface area (Å²) in [7, 11) is 0. The first-order valence-electron chi connectivity index (χ1n) is 6.85. The van der Waals surface area contributed by atoms with Gasteiger partial charge in [-0.2, -0.15) is 5.10 Å². The second-order valence-corrected chi connectivity index (χ2v) is 5.15. The molecule has 7 nitrogen and oxygen atoms in total. The van der Waals surface area contributed by atoms with Crippen molar-refractivity contribution in [1.29, 1.82) is 0 Å². The minimum atomic E-state index is -1.10. The maximum absolute atomic E-state index is 12.3. The van der Waals surface area contributed by atoms with E-state index in [0.29, 0.717) is 12.1 Å². The molecule has 3 N–H and O–H groups in total. The van der Waals surface area contributed by atoms with E-state index in [1.165, 1.54) is 10.7 Å². The zero-order valence-electron chi connectivity index (χ0n) is 11.5. The summed E-state index contributed by atoms with van der Waals surface area (Å²) in [6.07, 6.45) is 2.78. The van der Waals surface area contributed by atoms with Crippen LogP contribution >= 0.6 is 0 Å². The fourth-order valence-electron chi connectivity index (χ4n) is 2.73. The molecular formula is C14H16N4O3. The number of anilines is 1. The maximum Gasteiger partial charge on any atom is 0.346 e. The summed E-state index contributed by atoms with van der Waals surface area (Å²) < 4.78 is 2.98. The number of aromatic carboxylic acids is 1. The van der Waals surface area contributed by atoms with E-state index in [-0.39, 0.29) is 23.5 Å². The molecule has 0 fully saturated rings. The first-order chi connectivity index (χ1) is 10.1. The number of fused-ring (bicyclic) bond motifs is 1. The lowest BCUT2D eigenvalue weighted by Gasteiger charge is -2.09. The van der Waals surface area contributed by atoms with Gasteiger partial charge >= 0.3 is 11.7 Å². The van der Waals surface area contributed by atoms with Crippen molar-refractivity contribution in [1.82, 2.24) is 14.3 Å². The van der Waals surface area contributed by atoms with E-state index in [1.54, 1.807) is 16.7 Å². The Bertz CT molecular complexity index is 760. The van der Waals surface area contributed by atoms with Gasteiger partial charge in [0.05, 0.1) is 12.1 Å². The molecule has 0 amide bonds. The van der Waals surface area contributed by atoms with Crippen molar-refractivity contribution in [2.45, 2.75) is 32.4 Å². The van der Waals surface area contributed by atoms with Crippen LogP contribution in [-0.4, -0.2) is 25.4 Å². The van der Waals surface area contributed by atoms with E-state index >= 15 is 0 Å². The number of nitrogens with zero attached hydrogens (tertiary/aromatic N) is 3. The van der Waals surface area contributed by atoms with E-state index in [0.717, 1.165) is 25.1 Å². The van der Waals surface area contributed by atoms with Crippen molar-refractivity contribution < 1.29 is 9.90 Å². The topological polar surface area (TPSA) is 103 Å². The van der Waals surface area contributed by atoms with Crippen molar-refractivity contribution in [3.05, 3.63) is 45.6 Å². The molecule has 0 radical (unpaired) electrons. The minimum Gasteiger partial charge on any atom is -0.478 e. The Morgan fingerprint density at radius 1 is 1.38 bits per heavy atom. The Hall–Kier alpha value is -2.57. The first kappa shape index (κ1) is 13.4. The summed E-state index contributed by atoms with van der Waals surface area (Å²) in [5.74, 6) is -0.327. The number of hydrogen-bond donors (Lipinski definition) is 2. The van der Waals surface area contributed by atoms with Crippen molar-refractivity contribution in [3.8, 4) is 0 Å². The molecule has 0 bridgehead atoms. The van der Waals surface area contributed by atoms with Crippen LogP contribution < -0.4 is 11.4 Å². The molecule has 0 aliphatic carbocycles. The largest absolute Gasteiger partial charge is 0.478 e. The van der Waals surface area contributed by atoms with E-state index in [1.807, 2.05) is 0 Å². The normalized spacial score (nSPS) is 13.9. The number of nitrogens with two attached hydrogens (primary N) is 1. The molecule has 1 aromatic heterocycles. The Morgan fingerprint density at radius 3 is 2.90 bits per heavy atom. The van der Waals surface area contributed by atoms with Crippen LogP contribution in [0.2, 0.25) is 0 Å². The number of aromatic nitrogens is 3. The molecule has 21 heavy (non-hydrogen) atoms. The zero-order valence-corrected chi connectivity index (χ0v) is 11.5. The monoisotopic (exact) mass is 288 g/mol. The number of carboxylic acids is 1. The highest BCUT2D eigenvalue weighted by Crippen LogP contribution is 2.18. The number of rotatable bonds is 3. The molecule has 1 aliphatic heterocycles. The zero-order chi connectivity index (χ0) is 15.0. The molecule has 0 atom stereocenters. The molecule has 2 aromatic rings. The number of benzene rings is 1. The molecule has 1 aliphatic rings. The van der Waals surface area contributed by atoms with Gasteiger partial charge in [-0.1, -0.05) is 12.1 Å². The summed E-state index contributed by atoms with van der Waals surface area (Å²) in [5.41, 5.74) is 6.24. The molecular weight excluding hydrogens is 272 g/mol. The number of carboxylic acid groups (broad SMARTS) is 1. The van der Waals surface area contributed by atoms with Crippen LogP contribution in [0, 0.1) is 0 Å². The molecule has 0 spiro atoms. The van der Waals surface area contributed by atoms with Gasteiger partial charge in [0.1, 0.15) is 5.82 Å². The van der Waals surface area contributed by atoms with Crippen molar-refractivity contribution in [3.63, 3.8) is 0 Å². The lowest BCUT2D eigenvalue weighted by atomic mass is 10.1. The first-order valence-corrected chi connectivity index (χ1v) is 6.85. The maximum atomic E-state index is 12.3. The molecule has 110 valence electrons. The highest BCUT2D eigenvalue weighted by atomic mass is 16.4. The molecule has 1 aromatic carbocycles. The van der Waals surface area contributed by atoms with Gasteiger partial charge in [-0.3, -0.25) is 4.57 Å².